The van der Waals surface area contributed by atoms with E-state index in [1.54, 1.807) is 6.07 Å². The summed E-state index contributed by atoms with van der Waals surface area (Å²) in [7, 11) is 3.60. The number of likely N-dealkylation sites (tertiary alicyclic amines) is 1. The van der Waals surface area contributed by atoms with E-state index >= 15 is 0 Å². The molecule has 21 heavy (non-hydrogen) atoms. The molecule has 2 heterocycles. The number of hydrogen-bond donors (Lipinski definition) is 0. The van der Waals surface area contributed by atoms with Gasteiger partial charge in [-0.25, -0.2) is 0 Å². The van der Waals surface area contributed by atoms with Gasteiger partial charge in [0, 0.05) is 31.2 Å². The summed E-state index contributed by atoms with van der Waals surface area (Å²) in [5, 5.41) is 20.5. The lowest BCUT2D eigenvalue weighted by Crippen LogP contribution is -2.61. The van der Waals surface area contributed by atoms with Crippen LogP contribution in [-0.4, -0.2) is 49.2 Å². The second kappa shape index (κ2) is 4.90. The molecule has 0 aliphatic carbocycles. The molecular formula is C14H16N4O3. The molecule has 0 bridgehead atoms. The SMILES string of the molecule is COc1ccc([N+](=O)[O-])c(C#N)c1N1CC2C1CCN2C. The summed E-state index contributed by atoms with van der Waals surface area (Å²) in [4.78, 5) is 15.0. The van der Waals surface area contributed by atoms with Crippen molar-refractivity contribution in [1.82, 2.24) is 4.90 Å². The highest BCUT2D eigenvalue weighted by atomic mass is 16.6. The van der Waals surface area contributed by atoms with Crippen molar-refractivity contribution in [3.63, 3.8) is 0 Å². The molecule has 0 spiro atoms. The zero-order chi connectivity index (χ0) is 15.1. The van der Waals surface area contributed by atoms with Crippen LogP contribution >= 0.6 is 0 Å². The van der Waals surface area contributed by atoms with Crippen LogP contribution in [0.25, 0.3) is 0 Å². The van der Waals surface area contributed by atoms with Gasteiger partial charge in [-0.2, -0.15) is 5.26 Å². The van der Waals surface area contributed by atoms with E-state index in [1.165, 1.54) is 13.2 Å². The Labute approximate surface area is 122 Å². The van der Waals surface area contributed by atoms with Crippen LogP contribution in [0.1, 0.15) is 12.0 Å². The van der Waals surface area contributed by atoms with Gasteiger partial charge in [-0.1, -0.05) is 0 Å². The smallest absolute Gasteiger partial charge is 0.289 e. The van der Waals surface area contributed by atoms with Crippen molar-refractivity contribution in [3.05, 3.63) is 27.8 Å². The van der Waals surface area contributed by atoms with E-state index in [2.05, 4.69) is 16.8 Å². The Balaban J connectivity index is 2.07. The molecule has 3 rings (SSSR count). The first-order valence-electron chi connectivity index (χ1n) is 6.80. The van der Waals surface area contributed by atoms with Crippen molar-refractivity contribution in [2.75, 3.05) is 32.1 Å². The summed E-state index contributed by atoms with van der Waals surface area (Å²) < 4.78 is 5.33. The van der Waals surface area contributed by atoms with Crippen molar-refractivity contribution in [2.24, 2.45) is 0 Å². The van der Waals surface area contributed by atoms with Gasteiger partial charge in [-0.15, -0.1) is 0 Å². The third-order valence-corrected chi connectivity index (χ3v) is 4.51. The topological polar surface area (TPSA) is 82.6 Å². The lowest BCUT2D eigenvalue weighted by Gasteiger charge is -2.48. The highest BCUT2D eigenvalue weighted by Crippen LogP contribution is 2.44. The zero-order valence-corrected chi connectivity index (χ0v) is 11.9. The summed E-state index contributed by atoms with van der Waals surface area (Å²) in [6.07, 6.45) is 0.998. The van der Waals surface area contributed by atoms with E-state index in [0.717, 1.165) is 19.5 Å². The molecule has 0 saturated carbocycles. The average molecular weight is 288 g/mol. The number of nitrogens with zero attached hydrogens (tertiary/aromatic N) is 4. The monoisotopic (exact) mass is 288 g/mol. The molecule has 0 radical (unpaired) electrons. The van der Waals surface area contributed by atoms with Gasteiger partial charge in [0.1, 0.15) is 17.5 Å². The standard InChI is InChI=1S/C14H16N4O3/c1-16-6-5-11-12(16)8-17(11)14-9(7-15)10(18(19)20)3-4-13(14)21-2/h3-4,11-12H,5-6,8H2,1-2H3. The molecule has 2 aliphatic rings. The summed E-state index contributed by atoms with van der Waals surface area (Å²) in [5.41, 5.74) is 0.487. The maximum atomic E-state index is 11.1. The Kier molecular flexibility index (Phi) is 3.18. The van der Waals surface area contributed by atoms with E-state index in [4.69, 9.17) is 4.74 Å². The van der Waals surface area contributed by atoms with E-state index in [-0.39, 0.29) is 11.3 Å². The van der Waals surface area contributed by atoms with Crippen LogP contribution in [0.3, 0.4) is 0 Å². The van der Waals surface area contributed by atoms with Gasteiger partial charge >= 0.3 is 0 Å². The number of rotatable bonds is 3. The highest BCUT2D eigenvalue weighted by Gasteiger charge is 2.47. The second-order valence-corrected chi connectivity index (χ2v) is 5.44. The molecule has 2 aliphatic heterocycles. The zero-order valence-electron chi connectivity index (χ0n) is 11.9. The Morgan fingerprint density at radius 3 is 2.81 bits per heavy atom. The number of fused-ring (bicyclic) bond motifs is 1. The number of likely N-dealkylation sites (N-methyl/N-ethyl adjacent to an activating group) is 1. The third-order valence-electron chi connectivity index (χ3n) is 4.51. The van der Waals surface area contributed by atoms with Gasteiger partial charge in [0.25, 0.3) is 5.69 Å². The molecule has 110 valence electrons. The molecule has 0 amide bonds. The number of nitro groups is 1. The molecule has 1 aromatic carbocycles. The van der Waals surface area contributed by atoms with Crippen LogP contribution in [-0.2, 0) is 0 Å². The fraction of sp³-hybridized carbons (Fsp3) is 0.500. The first-order valence-corrected chi connectivity index (χ1v) is 6.80. The molecule has 0 aromatic heterocycles. The summed E-state index contributed by atoms with van der Waals surface area (Å²) in [6, 6.07) is 5.65. The van der Waals surface area contributed by atoms with Crippen LogP contribution in [0.2, 0.25) is 0 Å². The number of nitriles is 1. The van der Waals surface area contributed by atoms with Gasteiger partial charge in [0.05, 0.1) is 12.0 Å². The molecule has 1 aromatic rings. The molecule has 7 nitrogen and oxygen atoms in total. The fourth-order valence-corrected chi connectivity index (χ4v) is 3.34. The number of benzene rings is 1. The van der Waals surface area contributed by atoms with Crippen molar-refractivity contribution in [3.8, 4) is 11.8 Å². The normalized spacial score (nSPS) is 24.1. The third kappa shape index (κ3) is 1.91. The number of hydrogen-bond acceptors (Lipinski definition) is 6. The molecular weight excluding hydrogens is 272 g/mol. The Bertz CT molecular complexity index is 640. The summed E-state index contributed by atoms with van der Waals surface area (Å²) in [6.45, 7) is 1.78. The number of anilines is 1. The first kappa shape index (κ1) is 13.6. The van der Waals surface area contributed by atoms with E-state index in [0.29, 0.717) is 23.5 Å². The van der Waals surface area contributed by atoms with E-state index < -0.39 is 4.92 Å². The Hall–Kier alpha value is -2.33. The summed E-state index contributed by atoms with van der Waals surface area (Å²) >= 11 is 0. The molecule has 2 fully saturated rings. The molecule has 7 heteroatoms. The molecule has 2 atom stereocenters. The average Bonchev–Trinajstić information content (AvgIpc) is 2.72. The number of ether oxygens (including phenoxy) is 1. The van der Waals surface area contributed by atoms with Gasteiger partial charge in [-0.3, -0.25) is 15.0 Å². The first-order chi connectivity index (χ1) is 10.1. The molecule has 2 saturated heterocycles. The largest absolute Gasteiger partial charge is 0.495 e. The molecule has 0 N–H and O–H groups in total. The maximum Gasteiger partial charge on any atom is 0.289 e. The lowest BCUT2D eigenvalue weighted by atomic mass is 9.94. The van der Waals surface area contributed by atoms with Crippen LogP contribution in [0.5, 0.6) is 5.75 Å². The van der Waals surface area contributed by atoms with Gasteiger partial charge in [0.2, 0.25) is 0 Å². The highest BCUT2D eigenvalue weighted by molar-refractivity contribution is 5.76. The van der Waals surface area contributed by atoms with E-state index in [9.17, 15) is 15.4 Å². The molecule has 2 unspecified atom stereocenters. The minimum atomic E-state index is -0.514. The van der Waals surface area contributed by atoms with Crippen LogP contribution in [0.15, 0.2) is 12.1 Å². The van der Waals surface area contributed by atoms with Gasteiger partial charge in [0.15, 0.2) is 5.56 Å². The van der Waals surface area contributed by atoms with Crippen LogP contribution in [0.4, 0.5) is 11.4 Å². The minimum absolute atomic E-state index is 0.0901. The predicted molar refractivity (Wildman–Crippen MR) is 76.5 cm³/mol. The Morgan fingerprint density at radius 1 is 1.48 bits per heavy atom. The van der Waals surface area contributed by atoms with Gasteiger partial charge in [-0.05, 0) is 19.5 Å². The van der Waals surface area contributed by atoms with Crippen LogP contribution < -0.4 is 9.64 Å². The van der Waals surface area contributed by atoms with Crippen molar-refractivity contribution in [2.45, 2.75) is 18.5 Å². The van der Waals surface area contributed by atoms with Crippen molar-refractivity contribution < 1.29 is 9.66 Å². The number of nitro benzene ring substituents is 1. The number of methoxy groups -OCH3 is 1. The lowest BCUT2D eigenvalue weighted by molar-refractivity contribution is -0.385. The fourth-order valence-electron chi connectivity index (χ4n) is 3.34. The summed E-state index contributed by atoms with van der Waals surface area (Å²) in [5.74, 6) is 0.519. The quantitative estimate of drug-likeness (QED) is 0.617. The second-order valence-electron chi connectivity index (χ2n) is 5.44. The van der Waals surface area contributed by atoms with Crippen LogP contribution in [0, 0.1) is 21.4 Å². The Morgan fingerprint density at radius 2 is 2.24 bits per heavy atom. The maximum absolute atomic E-state index is 11.1. The van der Waals surface area contributed by atoms with Crippen molar-refractivity contribution in [1.29, 1.82) is 5.26 Å². The predicted octanol–water partition coefficient (Wildman–Crippen LogP) is 1.37. The van der Waals surface area contributed by atoms with Gasteiger partial charge < -0.3 is 9.64 Å². The van der Waals surface area contributed by atoms with Crippen molar-refractivity contribution >= 4 is 11.4 Å². The minimum Gasteiger partial charge on any atom is -0.495 e. The van der Waals surface area contributed by atoms with E-state index in [1.807, 2.05) is 6.07 Å².